The zero-order chi connectivity index (χ0) is 12.3. The molecule has 0 fully saturated rings. The fourth-order valence-electron chi connectivity index (χ4n) is 2.55. The second kappa shape index (κ2) is 5.03. The van der Waals surface area contributed by atoms with Gasteiger partial charge in [0.15, 0.2) is 0 Å². The number of thioether (sulfide) groups is 1. The van der Waals surface area contributed by atoms with E-state index in [1.165, 1.54) is 11.1 Å². The molecular weight excluding hydrogens is 236 g/mol. The van der Waals surface area contributed by atoms with Crippen LogP contribution in [0.1, 0.15) is 17.5 Å². The van der Waals surface area contributed by atoms with Gasteiger partial charge < -0.3 is 0 Å². The predicted molar refractivity (Wildman–Crippen MR) is 79.9 cm³/mol. The van der Waals surface area contributed by atoms with E-state index in [2.05, 4.69) is 72.8 Å². The molecule has 0 amide bonds. The van der Waals surface area contributed by atoms with Gasteiger partial charge in [-0.05, 0) is 17.5 Å². The lowest BCUT2D eigenvalue weighted by Crippen LogP contribution is -2.25. The van der Waals surface area contributed by atoms with Crippen LogP contribution in [0.2, 0.25) is 0 Å². The average Bonchev–Trinajstić information content (AvgIpc) is 2.50. The molecule has 1 aliphatic heterocycles. The lowest BCUT2D eigenvalue weighted by Gasteiger charge is -2.35. The second-order valence-electron chi connectivity index (χ2n) is 4.55. The molecule has 0 saturated carbocycles. The molecule has 90 valence electrons. The minimum atomic E-state index is 0.0945. The van der Waals surface area contributed by atoms with Gasteiger partial charge in [-0.15, -0.1) is 11.8 Å². The third-order valence-electron chi connectivity index (χ3n) is 3.48. The Balaban J connectivity index is 2.13. The van der Waals surface area contributed by atoms with Crippen molar-refractivity contribution >= 4 is 11.8 Å². The SMILES string of the molecule is C1=CCC(c2ccccc2)(c2ccccc2)SC1. The summed E-state index contributed by atoms with van der Waals surface area (Å²) >= 11 is 2.03. The number of rotatable bonds is 2. The van der Waals surface area contributed by atoms with Crippen LogP contribution in [-0.4, -0.2) is 5.75 Å². The Kier molecular flexibility index (Phi) is 3.24. The smallest absolute Gasteiger partial charge is 0.0694 e. The van der Waals surface area contributed by atoms with Crippen LogP contribution in [0.25, 0.3) is 0 Å². The molecule has 1 heterocycles. The van der Waals surface area contributed by atoms with Crippen LogP contribution in [0.3, 0.4) is 0 Å². The first-order valence-corrected chi connectivity index (χ1v) is 7.30. The van der Waals surface area contributed by atoms with Crippen LogP contribution in [-0.2, 0) is 4.75 Å². The van der Waals surface area contributed by atoms with Gasteiger partial charge >= 0.3 is 0 Å². The van der Waals surface area contributed by atoms with Gasteiger partial charge in [0.1, 0.15) is 0 Å². The van der Waals surface area contributed by atoms with Crippen LogP contribution in [0.5, 0.6) is 0 Å². The first kappa shape index (κ1) is 11.6. The Bertz CT molecular complexity index is 489. The van der Waals surface area contributed by atoms with Crippen LogP contribution >= 0.6 is 11.8 Å². The van der Waals surface area contributed by atoms with E-state index in [1.54, 1.807) is 0 Å². The molecule has 2 aromatic rings. The molecule has 0 saturated heterocycles. The van der Waals surface area contributed by atoms with Crippen molar-refractivity contribution in [2.75, 3.05) is 5.75 Å². The first-order chi connectivity index (χ1) is 8.92. The molecule has 0 aliphatic carbocycles. The molecule has 2 aromatic carbocycles. The predicted octanol–water partition coefficient (Wildman–Crippen LogP) is 4.62. The van der Waals surface area contributed by atoms with Crippen molar-refractivity contribution in [3.8, 4) is 0 Å². The Morgan fingerprint density at radius 2 is 1.28 bits per heavy atom. The van der Waals surface area contributed by atoms with E-state index in [-0.39, 0.29) is 4.75 Å². The number of allylic oxidation sites excluding steroid dienone is 1. The van der Waals surface area contributed by atoms with Gasteiger partial charge in [-0.25, -0.2) is 0 Å². The molecule has 3 rings (SSSR count). The molecule has 0 atom stereocenters. The second-order valence-corrected chi connectivity index (χ2v) is 5.86. The molecule has 0 N–H and O–H groups in total. The van der Waals surface area contributed by atoms with E-state index < -0.39 is 0 Å². The normalized spacial score (nSPS) is 17.6. The molecule has 1 heteroatoms. The maximum absolute atomic E-state index is 2.32. The van der Waals surface area contributed by atoms with Gasteiger partial charge in [-0.3, -0.25) is 0 Å². The maximum Gasteiger partial charge on any atom is 0.0694 e. The van der Waals surface area contributed by atoms with Crippen LogP contribution in [0.4, 0.5) is 0 Å². The monoisotopic (exact) mass is 252 g/mol. The van der Waals surface area contributed by atoms with E-state index in [1.807, 2.05) is 11.8 Å². The molecule has 18 heavy (non-hydrogen) atoms. The van der Waals surface area contributed by atoms with Gasteiger partial charge in [-0.1, -0.05) is 72.8 Å². The number of benzene rings is 2. The van der Waals surface area contributed by atoms with Crippen molar-refractivity contribution in [2.24, 2.45) is 0 Å². The average molecular weight is 252 g/mol. The molecule has 1 aliphatic rings. The minimum absolute atomic E-state index is 0.0945. The van der Waals surface area contributed by atoms with Gasteiger partial charge in [-0.2, -0.15) is 0 Å². The van der Waals surface area contributed by atoms with Crippen LogP contribution < -0.4 is 0 Å². The summed E-state index contributed by atoms with van der Waals surface area (Å²) in [5.74, 6) is 1.09. The first-order valence-electron chi connectivity index (χ1n) is 6.32. The van der Waals surface area contributed by atoms with Crippen molar-refractivity contribution in [1.29, 1.82) is 0 Å². The molecule has 0 bridgehead atoms. The van der Waals surface area contributed by atoms with Crippen LogP contribution in [0.15, 0.2) is 72.8 Å². The summed E-state index contributed by atoms with van der Waals surface area (Å²) in [4.78, 5) is 0. The summed E-state index contributed by atoms with van der Waals surface area (Å²) in [5, 5.41) is 0. The Morgan fingerprint density at radius 1 is 0.722 bits per heavy atom. The Labute approximate surface area is 113 Å². The largest absolute Gasteiger partial charge is 0.141 e. The van der Waals surface area contributed by atoms with E-state index in [0.29, 0.717) is 0 Å². The highest BCUT2D eigenvalue weighted by Gasteiger charge is 2.34. The van der Waals surface area contributed by atoms with Crippen molar-refractivity contribution in [3.05, 3.63) is 83.9 Å². The van der Waals surface area contributed by atoms with Gasteiger partial charge in [0, 0.05) is 5.75 Å². The van der Waals surface area contributed by atoms with Gasteiger partial charge in [0.2, 0.25) is 0 Å². The third-order valence-corrected chi connectivity index (χ3v) is 4.97. The third kappa shape index (κ3) is 1.99. The van der Waals surface area contributed by atoms with Crippen molar-refractivity contribution in [2.45, 2.75) is 11.2 Å². The summed E-state index contributed by atoms with van der Waals surface area (Å²) in [5.41, 5.74) is 2.82. The number of hydrogen-bond acceptors (Lipinski definition) is 1. The maximum atomic E-state index is 2.32. The molecule has 0 aromatic heterocycles. The van der Waals surface area contributed by atoms with E-state index >= 15 is 0 Å². The molecular formula is C17H16S. The quantitative estimate of drug-likeness (QED) is 0.703. The zero-order valence-corrected chi connectivity index (χ0v) is 11.1. The van der Waals surface area contributed by atoms with Gasteiger partial charge in [0.25, 0.3) is 0 Å². The summed E-state index contributed by atoms with van der Waals surface area (Å²) in [6, 6.07) is 21.7. The molecule has 0 radical (unpaired) electrons. The van der Waals surface area contributed by atoms with Crippen molar-refractivity contribution in [1.82, 2.24) is 0 Å². The number of hydrogen-bond donors (Lipinski definition) is 0. The topological polar surface area (TPSA) is 0 Å². The molecule has 0 spiro atoms. The van der Waals surface area contributed by atoms with E-state index in [4.69, 9.17) is 0 Å². The fraction of sp³-hybridized carbons (Fsp3) is 0.176. The highest BCUT2D eigenvalue weighted by molar-refractivity contribution is 8.00. The molecule has 0 unspecified atom stereocenters. The summed E-state index contributed by atoms with van der Waals surface area (Å²) in [6.45, 7) is 0. The minimum Gasteiger partial charge on any atom is -0.141 e. The molecule has 0 nitrogen and oxygen atoms in total. The van der Waals surface area contributed by atoms with Crippen LogP contribution in [0, 0.1) is 0 Å². The Hall–Kier alpha value is -1.47. The van der Waals surface area contributed by atoms with E-state index in [0.717, 1.165) is 12.2 Å². The van der Waals surface area contributed by atoms with Crippen molar-refractivity contribution < 1.29 is 0 Å². The van der Waals surface area contributed by atoms with Crippen molar-refractivity contribution in [3.63, 3.8) is 0 Å². The van der Waals surface area contributed by atoms with Gasteiger partial charge in [0.05, 0.1) is 4.75 Å². The summed E-state index contributed by atoms with van der Waals surface area (Å²) in [7, 11) is 0. The summed E-state index contributed by atoms with van der Waals surface area (Å²) in [6.07, 6.45) is 5.66. The standard InChI is InChI=1S/C17H16S/c1-3-9-15(10-4-1)17(13-7-8-14-18-17)16-11-5-2-6-12-16/h1-12H,13-14H2. The zero-order valence-electron chi connectivity index (χ0n) is 10.3. The van der Waals surface area contributed by atoms with E-state index in [9.17, 15) is 0 Å². The lowest BCUT2D eigenvalue weighted by atomic mass is 9.87. The Morgan fingerprint density at radius 3 is 1.72 bits per heavy atom. The highest BCUT2D eigenvalue weighted by atomic mass is 32.2. The fourth-order valence-corrected chi connectivity index (χ4v) is 3.89. The lowest BCUT2D eigenvalue weighted by molar-refractivity contribution is 0.749. The summed E-state index contributed by atoms with van der Waals surface area (Å²) < 4.78 is 0.0945. The highest BCUT2D eigenvalue weighted by Crippen LogP contribution is 2.47.